The SMILES string of the molecule is CC/C=C\c1cccc(=O)cc1. The van der Waals surface area contributed by atoms with Gasteiger partial charge in [0.05, 0.1) is 0 Å². The van der Waals surface area contributed by atoms with E-state index in [0.29, 0.717) is 0 Å². The molecule has 0 aliphatic heterocycles. The molecular formula is C11H12O. The monoisotopic (exact) mass is 160 g/mol. The summed E-state index contributed by atoms with van der Waals surface area (Å²) in [5.41, 5.74) is 1.12. The zero-order chi connectivity index (χ0) is 8.81. The van der Waals surface area contributed by atoms with E-state index in [9.17, 15) is 4.79 Å². The topological polar surface area (TPSA) is 17.1 Å². The normalized spacial score (nSPS) is 10.4. The zero-order valence-corrected chi connectivity index (χ0v) is 7.16. The Morgan fingerprint density at radius 2 is 2.08 bits per heavy atom. The van der Waals surface area contributed by atoms with Crippen molar-refractivity contribution in [2.45, 2.75) is 13.3 Å². The third-order valence-electron chi connectivity index (χ3n) is 1.54. The molecular weight excluding hydrogens is 148 g/mol. The number of rotatable bonds is 2. The van der Waals surface area contributed by atoms with Gasteiger partial charge in [0, 0.05) is 0 Å². The molecule has 0 saturated heterocycles. The summed E-state index contributed by atoms with van der Waals surface area (Å²) in [6.07, 6.45) is 5.10. The fraction of sp³-hybridized carbons (Fsp3) is 0.182. The van der Waals surface area contributed by atoms with E-state index in [2.05, 4.69) is 13.0 Å². The molecule has 0 heterocycles. The van der Waals surface area contributed by atoms with Gasteiger partial charge < -0.3 is 0 Å². The third-order valence-corrected chi connectivity index (χ3v) is 1.54. The van der Waals surface area contributed by atoms with Crippen LogP contribution in [0.3, 0.4) is 0 Å². The Labute approximate surface area is 72.4 Å². The quantitative estimate of drug-likeness (QED) is 0.649. The predicted octanol–water partition coefficient (Wildman–Crippen LogP) is 2.47. The molecule has 1 heteroatoms. The number of hydrogen-bond donors (Lipinski definition) is 0. The van der Waals surface area contributed by atoms with Gasteiger partial charge in [-0.15, -0.1) is 0 Å². The van der Waals surface area contributed by atoms with Gasteiger partial charge in [0.2, 0.25) is 0 Å². The number of hydrogen-bond acceptors (Lipinski definition) is 1. The summed E-state index contributed by atoms with van der Waals surface area (Å²) in [6, 6.07) is 8.67. The summed E-state index contributed by atoms with van der Waals surface area (Å²) in [6.45, 7) is 2.08. The van der Waals surface area contributed by atoms with Gasteiger partial charge in [-0.3, -0.25) is 4.79 Å². The molecule has 62 valence electrons. The summed E-state index contributed by atoms with van der Waals surface area (Å²) >= 11 is 0. The van der Waals surface area contributed by atoms with Crippen molar-refractivity contribution in [3.8, 4) is 0 Å². The highest BCUT2D eigenvalue weighted by atomic mass is 16.1. The molecule has 0 spiro atoms. The van der Waals surface area contributed by atoms with E-state index in [0.717, 1.165) is 12.0 Å². The summed E-state index contributed by atoms with van der Waals surface area (Å²) in [4.78, 5) is 10.9. The standard InChI is InChI=1S/C11H12O/c1-2-3-5-10-6-4-7-11(12)9-8-10/h3-9H,2H2,1H3/b5-3-. The summed E-state index contributed by atoms with van der Waals surface area (Å²) in [5, 5.41) is 0. The van der Waals surface area contributed by atoms with Crippen LogP contribution in [0.25, 0.3) is 6.08 Å². The van der Waals surface area contributed by atoms with Crippen LogP contribution in [-0.4, -0.2) is 0 Å². The molecule has 0 N–H and O–H groups in total. The Kier molecular flexibility index (Phi) is 3.27. The minimum Gasteiger partial charge on any atom is -0.290 e. The zero-order valence-electron chi connectivity index (χ0n) is 7.16. The van der Waals surface area contributed by atoms with Crippen LogP contribution >= 0.6 is 0 Å². The first kappa shape index (κ1) is 8.72. The van der Waals surface area contributed by atoms with Crippen molar-refractivity contribution in [3.63, 3.8) is 0 Å². The van der Waals surface area contributed by atoms with E-state index in [4.69, 9.17) is 0 Å². The van der Waals surface area contributed by atoms with Crippen molar-refractivity contribution in [1.29, 1.82) is 0 Å². The molecule has 0 unspecified atom stereocenters. The average molecular weight is 160 g/mol. The van der Waals surface area contributed by atoms with Gasteiger partial charge in [-0.1, -0.05) is 37.3 Å². The molecule has 0 fully saturated rings. The van der Waals surface area contributed by atoms with Crippen molar-refractivity contribution in [2.24, 2.45) is 0 Å². The second-order valence-corrected chi connectivity index (χ2v) is 2.57. The lowest BCUT2D eigenvalue weighted by atomic mass is 10.2. The fourth-order valence-corrected chi connectivity index (χ4v) is 0.909. The van der Waals surface area contributed by atoms with Crippen molar-refractivity contribution < 1.29 is 0 Å². The summed E-state index contributed by atoms with van der Waals surface area (Å²) in [7, 11) is 0. The van der Waals surface area contributed by atoms with Crippen LogP contribution in [0.4, 0.5) is 0 Å². The van der Waals surface area contributed by atoms with Gasteiger partial charge in [0.25, 0.3) is 0 Å². The summed E-state index contributed by atoms with van der Waals surface area (Å²) < 4.78 is 0. The fourth-order valence-electron chi connectivity index (χ4n) is 0.909. The van der Waals surface area contributed by atoms with Gasteiger partial charge in [0.1, 0.15) is 0 Å². The van der Waals surface area contributed by atoms with E-state index >= 15 is 0 Å². The van der Waals surface area contributed by atoms with Crippen molar-refractivity contribution in [2.75, 3.05) is 0 Å². The molecule has 12 heavy (non-hydrogen) atoms. The first-order valence-corrected chi connectivity index (χ1v) is 4.10. The first-order valence-electron chi connectivity index (χ1n) is 4.10. The van der Waals surface area contributed by atoms with E-state index in [1.54, 1.807) is 18.2 Å². The lowest BCUT2D eigenvalue weighted by Crippen LogP contribution is -1.87. The molecule has 1 aromatic carbocycles. The second-order valence-electron chi connectivity index (χ2n) is 2.57. The van der Waals surface area contributed by atoms with Crippen LogP contribution in [0, 0.1) is 0 Å². The van der Waals surface area contributed by atoms with E-state index in [-0.39, 0.29) is 5.43 Å². The first-order chi connectivity index (χ1) is 5.83. The van der Waals surface area contributed by atoms with Gasteiger partial charge >= 0.3 is 0 Å². The molecule has 0 radical (unpaired) electrons. The van der Waals surface area contributed by atoms with Crippen molar-refractivity contribution >= 4 is 6.08 Å². The molecule has 0 amide bonds. The highest BCUT2D eigenvalue weighted by Gasteiger charge is 1.82. The minimum atomic E-state index is 0.0474. The maximum absolute atomic E-state index is 10.9. The van der Waals surface area contributed by atoms with Gasteiger partial charge in [0.15, 0.2) is 5.43 Å². The Bertz CT molecular complexity index is 326. The number of allylic oxidation sites excluding steroid dienone is 1. The van der Waals surface area contributed by atoms with Crippen LogP contribution in [0.2, 0.25) is 0 Å². The van der Waals surface area contributed by atoms with Crippen LogP contribution < -0.4 is 5.43 Å². The Morgan fingerprint density at radius 1 is 1.25 bits per heavy atom. The molecule has 0 atom stereocenters. The molecule has 0 aliphatic rings. The molecule has 0 saturated carbocycles. The highest BCUT2D eigenvalue weighted by molar-refractivity contribution is 5.47. The lowest BCUT2D eigenvalue weighted by Gasteiger charge is -1.83. The van der Waals surface area contributed by atoms with Crippen LogP contribution in [0.15, 0.2) is 41.2 Å². The smallest absolute Gasteiger partial charge is 0.178 e. The molecule has 0 aliphatic carbocycles. The second kappa shape index (κ2) is 4.50. The minimum absolute atomic E-state index is 0.0474. The maximum Gasteiger partial charge on any atom is 0.178 e. The molecule has 1 rings (SSSR count). The van der Waals surface area contributed by atoms with E-state index in [1.165, 1.54) is 0 Å². The van der Waals surface area contributed by atoms with Crippen molar-refractivity contribution in [1.82, 2.24) is 0 Å². The molecule has 1 nitrogen and oxygen atoms in total. The Balaban J connectivity index is 2.97. The third kappa shape index (κ3) is 2.70. The Morgan fingerprint density at radius 3 is 2.83 bits per heavy atom. The van der Waals surface area contributed by atoms with Crippen LogP contribution in [-0.2, 0) is 0 Å². The van der Waals surface area contributed by atoms with Crippen molar-refractivity contribution in [3.05, 3.63) is 52.2 Å². The molecule has 1 aromatic rings. The Hall–Kier alpha value is -1.37. The van der Waals surface area contributed by atoms with Gasteiger partial charge in [-0.25, -0.2) is 0 Å². The molecule has 0 bridgehead atoms. The summed E-state index contributed by atoms with van der Waals surface area (Å²) in [5.74, 6) is 0. The largest absolute Gasteiger partial charge is 0.290 e. The van der Waals surface area contributed by atoms with Crippen LogP contribution in [0.1, 0.15) is 18.9 Å². The van der Waals surface area contributed by atoms with E-state index < -0.39 is 0 Å². The maximum atomic E-state index is 10.9. The average Bonchev–Trinajstić information content (AvgIpc) is 2.27. The predicted molar refractivity (Wildman–Crippen MR) is 52.0 cm³/mol. The van der Waals surface area contributed by atoms with E-state index in [1.807, 2.05) is 18.2 Å². The van der Waals surface area contributed by atoms with Gasteiger partial charge in [-0.05, 0) is 24.1 Å². The van der Waals surface area contributed by atoms with Gasteiger partial charge in [-0.2, -0.15) is 0 Å². The van der Waals surface area contributed by atoms with Crippen LogP contribution in [0.5, 0.6) is 0 Å². The lowest BCUT2D eigenvalue weighted by molar-refractivity contribution is 1.23. The molecule has 0 aromatic heterocycles. The highest BCUT2D eigenvalue weighted by Crippen LogP contribution is 1.98.